The minimum absolute atomic E-state index is 0.259. The number of anilines is 1. The summed E-state index contributed by atoms with van der Waals surface area (Å²) in [5, 5.41) is 20.3. The van der Waals surface area contributed by atoms with Gasteiger partial charge in [-0.15, -0.1) is 0 Å². The Morgan fingerprint density at radius 2 is 2.16 bits per heavy atom. The monoisotopic (exact) mass is 281 g/mol. The summed E-state index contributed by atoms with van der Waals surface area (Å²) in [6.07, 6.45) is 0. The largest absolute Gasteiger partial charge is 0.480 e. The number of nitriles is 1. The van der Waals surface area contributed by atoms with E-state index < -0.39 is 18.0 Å². The van der Waals surface area contributed by atoms with Crippen LogP contribution in [-0.2, 0) is 4.79 Å². The van der Waals surface area contributed by atoms with E-state index in [0.29, 0.717) is 5.56 Å². The van der Waals surface area contributed by atoms with E-state index >= 15 is 0 Å². The third-order valence-electron chi connectivity index (χ3n) is 2.60. The predicted molar refractivity (Wildman–Crippen MR) is 70.0 cm³/mol. The molecule has 1 rings (SSSR count). The molecule has 100 valence electrons. The van der Waals surface area contributed by atoms with Crippen molar-refractivity contribution in [3.05, 3.63) is 28.8 Å². The van der Waals surface area contributed by atoms with Crippen molar-refractivity contribution in [2.45, 2.75) is 13.0 Å². The Morgan fingerprint density at radius 3 is 2.68 bits per heavy atom. The van der Waals surface area contributed by atoms with Gasteiger partial charge >= 0.3 is 12.0 Å². The van der Waals surface area contributed by atoms with Crippen LogP contribution in [0.4, 0.5) is 10.5 Å². The smallest absolute Gasteiger partial charge is 0.326 e. The summed E-state index contributed by atoms with van der Waals surface area (Å²) in [5.74, 6) is -1.12. The van der Waals surface area contributed by atoms with Crippen LogP contribution in [0, 0.1) is 11.3 Å². The van der Waals surface area contributed by atoms with Crippen LogP contribution in [0.25, 0.3) is 0 Å². The number of hydrogen-bond donors (Lipinski definition) is 2. The first-order chi connectivity index (χ1) is 8.86. The Morgan fingerprint density at radius 1 is 1.53 bits per heavy atom. The van der Waals surface area contributed by atoms with Gasteiger partial charge in [0.15, 0.2) is 0 Å². The molecule has 0 aromatic heterocycles. The predicted octanol–water partition coefficient (Wildman–Crippen LogP) is 2.15. The third kappa shape index (κ3) is 3.60. The molecular weight excluding hydrogens is 270 g/mol. The number of nitrogens with zero attached hydrogens (tertiary/aromatic N) is 2. The maximum Gasteiger partial charge on any atom is 0.326 e. The number of urea groups is 1. The highest BCUT2D eigenvalue weighted by Crippen LogP contribution is 2.23. The topological polar surface area (TPSA) is 93.4 Å². The van der Waals surface area contributed by atoms with E-state index in [1.165, 1.54) is 32.2 Å². The molecule has 2 amide bonds. The molecule has 0 saturated heterocycles. The molecule has 1 unspecified atom stereocenters. The van der Waals surface area contributed by atoms with Crippen LogP contribution in [0.2, 0.25) is 5.02 Å². The molecule has 0 radical (unpaired) electrons. The summed E-state index contributed by atoms with van der Waals surface area (Å²) in [6.45, 7) is 1.38. The summed E-state index contributed by atoms with van der Waals surface area (Å²) in [7, 11) is 1.36. The first-order valence-electron chi connectivity index (χ1n) is 5.33. The lowest BCUT2D eigenvalue weighted by molar-refractivity contribution is -0.141. The van der Waals surface area contributed by atoms with Crippen molar-refractivity contribution in [1.82, 2.24) is 4.90 Å². The van der Waals surface area contributed by atoms with Gasteiger partial charge in [-0.1, -0.05) is 11.6 Å². The molecule has 0 aliphatic carbocycles. The van der Waals surface area contributed by atoms with Crippen LogP contribution in [0.15, 0.2) is 18.2 Å². The number of likely N-dealkylation sites (N-methyl/N-ethyl adjacent to an activating group) is 1. The first kappa shape index (κ1) is 14.8. The van der Waals surface area contributed by atoms with Gasteiger partial charge in [0.05, 0.1) is 22.3 Å². The van der Waals surface area contributed by atoms with Crippen molar-refractivity contribution in [2.24, 2.45) is 0 Å². The van der Waals surface area contributed by atoms with Crippen LogP contribution in [0.1, 0.15) is 12.5 Å². The molecule has 0 saturated carbocycles. The first-order valence-corrected chi connectivity index (χ1v) is 5.71. The third-order valence-corrected chi connectivity index (χ3v) is 2.93. The lowest BCUT2D eigenvalue weighted by Gasteiger charge is -2.22. The van der Waals surface area contributed by atoms with Gasteiger partial charge in [-0.25, -0.2) is 9.59 Å². The van der Waals surface area contributed by atoms with E-state index in [2.05, 4.69) is 5.32 Å². The van der Waals surface area contributed by atoms with Crippen molar-refractivity contribution in [3.63, 3.8) is 0 Å². The number of carboxylic acid groups (broad SMARTS) is 1. The van der Waals surface area contributed by atoms with Crippen LogP contribution >= 0.6 is 11.6 Å². The second-order valence-corrected chi connectivity index (χ2v) is 4.27. The second-order valence-electron chi connectivity index (χ2n) is 3.86. The number of aliphatic carboxylic acids is 1. The molecule has 6 nitrogen and oxygen atoms in total. The Balaban J connectivity index is 2.88. The van der Waals surface area contributed by atoms with Gasteiger partial charge in [0.2, 0.25) is 0 Å². The summed E-state index contributed by atoms with van der Waals surface area (Å²) < 4.78 is 0. The fourth-order valence-electron chi connectivity index (χ4n) is 1.24. The average molecular weight is 282 g/mol. The molecule has 0 bridgehead atoms. The standard InChI is InChI=1S/C12H12ClN3O3/c1-7(11(17)18)16(2)12(19)15-10-5-8(6-14)3-4-9(10)13/h3-5,7H,1-2H3,(H,15,19)(H,17,18). The number of rotatable bonds is 3. The molecule has 0 aliphatic heterocycles. The minimum Gasteiger partial charge on any atom is -0.480 e. The molecule has 0 heterocycles. The fraction of sp³-hybridized carbons (Fsp3) is 0.250. The number of amides is 2. The van der Waals surface area contributed by atoms with Crippen LogP contribution in [0.5, 0.6) is 0 Å². The Kier molecular flexibility index (Phi) is 4.73. The van der Waals surface area contributed by atoms with Crippen molar-refractivity contribution in [3.8, 4) is 6.07 Å². The lowest BCUT2D eigenvalue weighted by atomic mass is 10.2. The number of hydrogen-bond acceptors (Lipinski definition) is 3. The van der Waals surface area contributed by atoms with Crippen molar-refractivity contribution >= 4 is 29.3 Å². The van der Waals surface area contributed by atoms with E-state index in [-0.39, 0.29) is 10.7 Å². The maximum absolute atomic E-state index is 11.8. The van der Waals surface area contributed by atoms with Gasteiger partial charge in [0.25, 0.3) is 0 Å². The molecule has 1 atom stereocenters. The summed E-state index contributed by atoms with van der Waals surface area (Å²) >= 11 is 5.89. The van der Waals surface area contributed by atoms with E-state index in [0.717, 1.165) is 4.90 Å². The van der Waals surface area contributed by atoms with Crippen LogP contribution in [-0.4, -0.2) is 35.1 Å². The van der Waals surface area contributed by atoms with Gasteiger partial charge in [-0.05, 0) is 25.1 Å². The molecule has 0 fully saturated rings. The number of carbonyl (C=O) groups is 2. The van der Waals surface area contributed by atoms with Crippen molar-refractivity contribution < 1.29 is 14.7 Å². The zero-order valence-electron chi connectivity index (χ0n) is 10.3. The van der Waals surface area contributed by atoms with E-state index in [4.69, 9.17) is 22.0 Å². The van der Waals surface area contributed by atoms with Crippen molar-refractivity contribution in [1.29, 1.82) is 5.26 Å². The molecule has 0 aliphatic rings. The lowest BCUT2D eigenvalue weighted by Crippen LogP contribution is -2.42. The zero-order chi connectivity index (χ0) is 14.6. The van der Waals surface area contributed by atoms with Gasteiger partial charge in [0.1, 0.15) is 6.04 Å². The molecule has 19 heavy (non-hydrogen) atoms. The van der Waals surface area contributed by atoms with E-state index in [9.17, 15) is 9.59 Å². The zero-order valence-corrected chi connectivity index (χ0v) is 11.1. The highest BCUT2D eigenvalue weighted by atomic mass is 35.5. The second kappa shape index (κ2) is 6.07. The van der Waals surface area contributed by atoms with Gasteiger partial charge in [-0.2, -0.15) is 5.26 Å². The van der Waals surface area contributed by atoms with Gasteiger partial charge in [-0.3, -0.25) is 0 Å². The Hall–Kier alpha value is -2.26. The molecular formula is C12H12ClN3O3. The normalized spacial score (nSPS) is 11.3. The Labute approximate surface area is 115 Å². The number of nitrogens with one attached hydrogen (secondary N) is 1. The number of carboxylic acids is 1. The minimum atomic E-state index is -1.12. The van der Waals surface area contributed by atoms with Crippen LogP contribution in [0.3, 0.4) is 0 Å². The molecule has 1 aromatic carbocycles. The Bertz CT molecular complexity index is 554. The van der Waals surface area contributed by atoms with Gasteiger partial charge < -0.3 is 15.3 Å². The maximum atomic E-state index is 11.8. The summed E-state index contributed by atoms with van der Waals surface area (Å²) in [6, 6.07) is 4.74. The number of halogens is 1. The van der Waals surface area contributed by atoms with E-state index in [1.807, 2.05) is 6.07 Å². The highest BCUT2D eigenvalue weighted by Gasteiger charge is 2.22. The SMILES string of the molecule is CC(C(=O)O)N(C)C(=O)Nc1cc(C#N)ccc1Cl. The summed E-state index contributed by atoms with van der Waals surface area (Å²) in [4.78, 5) is 23.6. The van der Waals surface area contributed by atoms with Crippen molar-refractivity contribution in [2.75, 3.05) is 12.4 Å². The quantitative estimate of drug-likeness (QED) is 0.887. The average Bonchev–Trinajstić information content (AvgIpc) is 2.39. The molecule has 7 heteroatoms. The van der Waals surface area contributed by atoms with E-state index in [1.54, 1.807) is 0 Å². The molecule has 2 N–H and O–H groups in total. The summed E-state index contributed by atoms with van der Waals surface area (Å²) in [5.41, 5.74) is 0.601. The fourth-order valence-corrected chi connectivity index (χ4v) is 1.40. The highest BCUT2D eigenvalue weighted by molar-refractivity contribution is 6.33. The number of benzene rings is 1. The molecule has 1 aromatic rings. The van der Waals surface area contributed by atoms with Crippen LogP contribution < -0.4 is 5.32 Å². The van der Waals surface area contributed by atoms with Gasteiger partial charge in [0, 0.05) is 7.05 Å². The number of carbonyl (C=O) groups excluding carboxylic acids is 1. The molecule has 0 spiro atoms.